The topological polar surface area (TPSA) is 73.5 Å². The summed E-state index contributed by atoms with van der Waals surface area (Å²) in [5.41, 5.74) is -5.08. The van der Waals surface area contributed by atoms with Gasteiger partial charge in [-0.2, -0.15) is 13.2 Å². The average molecular weight is 410 g/mol. The second kappa shape index (κ2) is 7.06. The van der Waals surface area contributed by atoms with Gasteiger partial charge in [0.05, 0.1) is 10.7 Å². The largest absolute Gasteiger partial charge is 0.431 e. The lowest BCUT2D eigenvalue weighted by Crippen LogP contribution is -2.41. The normalized spacial score (nSPS) is 11.4. The van der Waals surface area contributed by atoms with Crippen molar-refractivity contribution in [2.75, 3.05) is 14.1 Å². The molecule has 0 saturated carbocycles. The average Bonchev–Trinajstić information content (AvgIpc) is 2.53. The summed E-state index contributed by atoms with van der Waals surface area (Å²) < 4.78 is 58.2. The predicted octanol–water partition coefficient (Wildman–Crippen LogP) is 2.41. The van der Waals surface area contributed by atoms with Crippen LogP contribution < -0.4 is 16.0 Å². The van der Waals surface area contributed by atoms with Crippen LogP contribution in [0.15, 0.2) is 27.8 Å². The van der Waals surface area contributed by atoms with Crippen LogP contribution in [0.2, 0.25) is 5.02 Å². The minimum atomic E-state index is -4.96. The van der Waals surface area contributed by atoms with Crippen LogP contribution in [0.4, 0.5) is 22.4 Å². The summed E-state index contributed by atoms with van der Waals surface area (Å²) in [5, 5.41) is -0.344. The fraction of sp³-hybridized carbons (Fsp3) is 0.267. The summed E-state index contributed by atoms with van der Waals surface area (Å²) in [7, 11) is 3.50. The highest BCUT2D eigenvalue weighted by molar-refractivity contribution is 6.32. The fourth-order valence-corrected chi connectivity index (χ4v) is 2.26. The van der Waals surface area contributed by atoms with Crippen LogP contribution in [0, 0.1) is 5.82 Å². The molecule has 27 heavy (non-hydrogen) atoms. The number of carbonyl (C=O) groups is 1. The van der Waals surface area contributed by atoms with Crippen LogP contribution in [0.3, 0.4) is 0 Å². The van der Waals surface area contributed by atoms with E-state index in [1.54, 1.807) is 0 Å². The first-order valence-corrected chi connectivity index (χ1v) is 7.51. The van der Waals surface area contributed by atoms with Gasteiger partial charge in [-0.15, -0.1) is 0 Å². The zero-order valence-electron chi connectivity index (χ0n) is 14.1. The van der Waals surface area contributed by atoms with E-state index in [9.17, 15) is 31.9 Å². The summed E-state index contributed by atoms with van der Waals surface area (Å²) in [5.74, 6) is -1.57. The minimum absolute atomic E-state index is 0.154. The number of benzene rings is 1. The number of rotatable bonds is 2. The van der Waals surface area contributed by atoms with Gasteiger partial charge in [-0.05, 0) is 6.07 Å². The summed E-state index contributed by atoms with van der Waals surface area (Å²) in [4.78, 5) is 37.0. The van der Waals surface area contributed by atoms with Crippen molar-refractivity contribution < 1.29 is 27.1 Å². The number of hydrogen-bond donors (Lipinski definition) is 0. The fourth-order valence-electron chi connectivity index (χ4n) is 2.07. The van der Waals surface area contributed by atoms with Gasteiger partial charge in [0.15, 0.2) is 5.75 Å². The number of halogens is 5. The Kier molecular flexibility index (Phi) is 5.36. The first kappa shape index (κ1) is 20.5. The van der Waals surface area contributed by atoms with Crippen LogP contribution in [-0.4, -0.2) is 34.2 Å². The lowest BCUT2D eigenvalue weighted by atomic mass is 10.2. The molecule has 0 unspecified atom stereocenters. The molecule has 2 rings (SSSR count). The second-order valence-corrected chi connectivity index (χ2v) is 5.95. The Labute approximate surface area is 153 Å². The van der Waals surface area contributed by atoms with Crippen molar-refractivity contribution in [2.45, 2.75) is 6.18 Å². The number of carbonyl (C=O) groups excluding carboxylic acids is 1. The molecule has 146 valence electrons. The summed E-state index contributed by atoms with van der Waals surface area (Å²) >= 11 is 5.78. The maximum atomic E-state index is 14.3. The smallest absolute Gasteiger partial charge is 0.409 e. The van der Waals surface area contributed by atoms with Gasteiger partial charge in [0.1, 0.15) is 11.5 Å². The molecule has 0 aliphatic rings. The molecule has 0 N–H and O–H groups in total. The van der Waals surface area contributed by atoms with Gasteiger partial charge in [0.25, 0.3) is 5.56 Å². The highest BCUT2D eigenvalue weighted by Crippen LogP contribution is 2.30. The first-order chi connectivity index (χ1) is 12.3. The lowest BCUT2D eigenvalue weighted by Gasteiger charge is -2.16. The molecule has 1 aromatic carbocycles. The zero-order valence-corrected chi connectivity index (χ0v) is 14.9. The van der Waals surface area contributed by atoms with Crippen molar-refractivity contribution in [1.29, 1.82) is 0 Å². The molecule has 0 saturated heterocycles. The highest BCUT2D eigenvalue weighted by Gasteiger charge is 2.35. The van der Waals surface area contributed by atoms with Crippen molar-refractivity contribution in [3.8, 4) is 11.4 Å². The van der Waals surface area contributed by atoms with Crippen molar-refractivity contribution in [3.63, 3.8) is 0 Å². The molecule has 0 spiro atoms. The molecule has 0 aliphatic heterocycles. The Hall–Kier alpha value is -2.82. The molecule has 2 aromatic rings. The molecule has 0 atom stereocenters. The van der Waals surface area contributed by atoms with Crippen LogP contribution in [-0.2, 0) is 13.2 Å². The van der Waals surface area contributed by atoms with Gasteiger partial charge < -0.3 is 9.64 Å². The molecule has 1 amide bonds. The lowest BCUT2D eigenvalue weighted by molar-refractivity contribution is -0.144. The van der Waals surface area contributed by atoms with Gasteiger partial charge >= 0.3 is 18.0 Å². The van der Waals surface area contributed by atoms with Gasteiger partial charge in [-0.3, -0.25) is 9.36 Å². The quantitative estimate of drug-likeness (QED) is 0.714. The van der Waals surface area contributed by atoms with Crippen molar-refractivity contribution in [1.82, 2.24) is 14.0 Å². The second-order valence-electron chi connectivity index (χ2n) is 5.54. The van der Waals surface area contributed by atoms with E-state index in [0.717, 1.165) is 18.0 Å². The molecule has 0 radical (unpaired) electrons. The number of aromatic nitrogens is 2. The van der Waals surface area contributed by atoms with Crippen LogP contribution >= 0.6 is 11.6 Å². The van der Waals surface area contributed by atoms with Crippen molar-refractivity contribution >= 4 is 17.7 Å². The van der Waals surface area contributed by atoms with Crippen molar-refractivity contribution in [2.24, 2.45) is 7.05 Å². The van der Waals surface area contributed by atoms with E-state index in [0.29, 0.717) is 6.07 Å². The molecule has 1 aromatic heterocycles. The Bertz CT molecular complexity index is 1030. The summed E-state index contributed by atoms with van der Waals surface area (Å²) in [6.45, 7) is 0. The van der Waals surface area contributed by atoms with E-state index in [2.05, 4.69) is 0 Å². The van der Waals surface area contributed by atoms with Crippen molar-refractivity contribution in [3.05, 3.63) is 55.6 Å². The first-order valence-electron chi connectivity index (χ1n) is 7.13. The maximum Gasteiger partial charge on any atom is 0.431 e. The molecule has 0 bridgehead atoms. The summed E-state index contributed by atoms with van der Waals surface area (Å²) in [6.07, 6.45) is -5.85. The van der Waals surface area contributed by atoms with Gasteiger partial charge in [0, 0.05) is 33.3 Å². The maximum absolute atomic E-state index is 14.3. The third-order valence-corrected chi connectivity index (χ3v) is 3.71. The molecule has 12 heteroatoms. The molecule has 0 aliphatic carbocycles. The van der Waals surface area contributed by atoms with Gasteiger partial charge in [0.2, 0.25) is 0 Å². The van der Waals surface area contributed by atoms with Gasteiger partial charge in [-0.25, -0.2) is 18.5 Å². The third-order valence-electron chi connectivity index (χ3n) is 3.42. The van der Waals surface area contributed by atoms with E-state index in [4.69, 9.17) is 16.3 Å². The van der Waals surface area contributed by atoms with Crippen LogP contribution in [0.25, 0.3) is 5.69 Å². The Morgan fingerprint density at radius 1 is 1.19 bits per heavy atom. The van der Waals surface area contributed by atoms with E-state index in [-0.39, 0.29) is 26.0 Å². The third kappa shape index (κ3) is 3.97. The predicted molar refractivity (Wildman–Crippen MR) is 87.0 cm³/mol. The molecule has 1 heterocycles. The van der Waals surface area contributed by atoms with Crippen LogP contribution in [0.1, 0.15) is 5.69 Å². The van der Waals surface area contributed by atoms with Gasteiger partial charge in [-0.1, -0.05) is 11.6 Å². The Morgan fingerprint density at radius 2 is 1.78 bits per heavy atom. The van der Waals surface area contributed by atoms with Crippen LogP contribution in [0.5, 0.6) is 5.75 Å². The molecular weight excluding hydrogens is 398 g/mol. The molecule has 7 nitrogen and oxygen atoms in total. The van der Waals surface area contributed by atoms with E-state index >= 15 is 0 Å². The van der Waals surface area contributed by atoms with E-state index < -0.39 is 40.7 Å². The van der Waals surface area contributed by atoms with E-state index in [1.165, 1.54) is 14.1 Å². The summed E-state index contributed by atoms with van der Waals surface area (Å²) in [6, 6.07) is 1.59. The number of amides is 1. The number of alkyl halides is 3. The Balaban J connectivity index is 2.73. The van der Waals surface area contributed by atoms with E-state index in [1.807, 2.05) is 0 Å². The minimum Gasteiger partial charge on any atom is -0.409 e. The monoisotopic (exact) mass is 409 g/mol. The molecule has 0 fully saturated rings. The SMILES string of the molecule is CN(C)C(=O)Oc1cc(-n2c(=O)cc(C(F)(F)F)n(C)c2=O)c(F)cc1Cl. The number of ether oxygens (including phenoxy) is 1. The number of hydrogen-bond acceptors (Lipinski definition) is 4. The zero-order chi connectivity index (χ0) is 20.7. The highest BCUT2D eigenvalue weighted by atomic mass is 35.5. The standard InChI is InChI=1S/C15H12ClF4N3O4/c1-21(2)14(26)27-10-5-9(8(17)4-7(10)16)23-12(24)6-11(15(18,19)20)22(3)13(23)25/h4-6H,1-3H3. The molecular formula is C15H12ClF4N3O4. The Morgan fingerprint density at radius 3 is 2.30 bits per heavy atom. The number of nitrogens with zero attached hydrogens (tertiary/aromatic N) is 3.